The predicted molar refractivity (Wildman–Crippen MR) is 138 cm³/mol. The van der Waals surface area contributed by atoms with Gasteiger partial charge in [-0.15, -0.1) is 0 Å². The number of amides is 1. The topological polar surface area (TPSA) is 38.8 Å². The lowest BCUT2D eigenvalue weighted by Crippen LogP contribution is -2.30. The van der Waals surface area contributed by atoms with Crippen molar-refractivity contribution in [3.63, 3.8) is 0 Å². The first-order chi connectivity index (χ1) is 16.7. The summed E-state index contributed by atoms with van der Waals surface area (Å²) in [6.45, 7) is 10.7. The molecule has 186 valence electrons. The summed E-state index contributed by atoms with van der Waals surface area (Å²) in [6.07, 6.45) is 0.928. The fourth-order valence-electron chi connectivity index (χ4n) is 4.07. The standard InChI is InChI=1S/C30H36FNO3/c1-21(2)34-28-14-6-24(7-15-28)20-32(23(5)33)19-18-30(25-8-12-27(31)13-9-25)26-10-16-29(17-11-26)35-22(3)4/h6-17,21-22,30H,18-20H2,1-5H3/t30-/m0/s1. The van der Waals surface area contributed by atoms with Crippen LogP contribution in [-0.2, 0) is 11.3 Å². The molecule has 1 atom stereocenters. The Kier molecular flexibility index (Phi) is 9.30. The van der Waals surface area contributed by atoms with Gasteiger partial charge in [0.1, 0.15) is 17.3 Å². The molecule has 0 fully saturated rings. The summed E-state index contributed by atoms with van der Waals surface area (Å²) >= 11 is 0. The molecule has 4 nitrogen and oxygen atoms in total. The van der Waals surface area contributed by atoms with Crippen LogP contribution >= 0.6 is 0 Å². The summed E-state index contributed by atoms with van der Waals surface area (Å²) in [6, 6.07) is 22.5. The van der Waals surface area contributed by atoms with E-state index < -0.39 is 0 Å². The van der Waals surface area contributed by atoms with E-state index in [4.69, 9.17) is 9.47 Å². The molecule has 0 heterocycles. The Morgan fingerprint density at radius 1 is 0.771 bits per heavy atom. The number of hydrogen-bond donors (Lipinski definition) is 0. The monoisotopic (exact) mass is 477 g/mol. The van der Waals surface area contributed by atoms with Crippen LogP contribution in [0.1, 0.15) is 63.6 Å². The fraction of sp³-hybridized carbons (Fsp3) is 0.367. The maximum absolute atomic E-state index is 13.6. The third kappa shape index (κ3) is 8.13. The molecule has 0 aliphatic carbocycles. The fourth-order valence-corrected chi connectivity index (χ4v) is 4.07. The van der Waals surface area contributed by atoms with Crippen molar-refractivity contribution >= 4 is 5.91 Å². The summed E-state index contributed by atoms with van der Waals surface area (Å²) in [4.78, 5) is 14.3. The van der Waals surface area contributed by atoms with E-state index in [0.29, 0.717) is 19.5 Å². The smallest absolute Gasteiger partial charge is 0.219 e. The molecule has 0 aliphatic heterocycles. The molecule has 0 saturated carbocycles. The first-order valence-corrected chi connectivity index (χ1v) is 12.2. The van der Waals surface area contributed by atoms with E-state index in [9.17, 15) is 9.18 Å². The lowest BCUT2D eigenvalue weighted by molar-refractivity contribution is -0.129. The van der Waals surface area contributed by atoms with Crippen molar-refractivity contribution in [2.75, 3.05) is 6.54 Å². The molecule has 0 bridgehead atoms. The number of rotatable bonds is 11. The van der Waals surface area contributed by atoms with Gasteiger partial charge in [0.25, 0.3) is 0 Å². The molecule has 1 amide bonds. The van der Waals surface area contributed by atoms with E-state index in [0.717, 1.165) is 28.2 Å². The zero-order valence-electron chi connectivity index (χ0n) is 21.3. The molecule has 0 spiro atoms. The molecule has 5 heteroatoms. The highest BCUT2D eigenvalue weighted by molar-refractivity contribution is 5.73. The van der Waals surface area contributed by atoms with Crippen LogP contribution in [0.2, 0.25) is 0 Å². The van der Waals surface area contributed by atoms with Crippen LogP contribution in [0.5, 0.6) is 11.5 Å². The van der Waals surface area contributed by atoms with Gasteiger partial charge in [-0.05, 0) is 87.2 Å². The van der Waals surface area contributed by atoms with Crippen molar-refractivity contribution < 1.29 is 18.7 Å². The molecule has 0 radical (unpaired) electrons. The van der Waals surface area contributed by atoms with Crippen molar-refractivity contribution in [1.29, 1.82) is 0 Å². The molecule has 0 aliphatic rings. The van der Waals surface area contributed by atoms with Gasteiger partial charge in [-0.2, -0.15) is 0 Å². The summed E-state index contributed by atoms with van der Waals surface area (Å²) in [5.41, 5.74) is 3.17. The van der Waals surface area contributed by atoms with Gasteiger partial charge >= 0.3 is 0 Å². The molecule has 0 N–H and O–H groups in total. The Hall–Kier alpha value is -3.34. The first kappa shape index (κ1) is 26.3. The molecule has 0 unspecified atom stereocenters. The molecule has 0 aromatic heterocycles. The minimum absolute atomic E-state index is 0.0195. The Morgan fingerprint density at radius 2 is 1.23 bits per heavy atom. The Balaban J connectivity index is 1.76. The molecule has 35 heavy (non-hydrogen) atoms. The Bertz CT molecular complexity index is 1060. The largest absolute Gasteiger partial charge is 0.491 e. The lowest BCUT2D eigenvalue weighted by Gasteiger charge is -2.25. The van der Waals surface area contributed by atoms with Gasteiger partial charge in [-0.1, -0.05) is 36.4 Å². The highest BCUT2D eigenvalue weighted by Crippen LogP contribution is 2.30. The van der Waals surface area contributed by atoms with Gasteiger partial charge in [-0.25, -0.2) is 4.39 Å². The number of carbonyl (C=O) groups is 1. The van der Waals surface area contributed by atoms with E-state index in [1.54, 1.807) is 6.92 Å². The minimum Gasteiger partial charge on any atom is -0.491 e. The third-order valence-corrected chi connectivity index (χ3v) is 5.73. The van der Waals surface area contributed by atoms with Gasteiger partial charge in [0.2, 0.25) is 5.91 Å². The van der Waals surface area contributed by atoms with Crippen LogP contribution in [0.15, 0.2) is 72.8 Å². The minimum atomic E-state index is -0.261. The van der Waals surface area contributed by atoms with Crippen molar-refractivity contribution in [1.82, 2.24) is 4.90 Å². The number of hydrogen-bond acceptors (Lipinski definition) is 3. The number of benzene rings is 3. The summed E-state index contributed by atoms with van der Waals surface area (Å²) in [5.74, 6) is 1.41. The Labute approximate surface area is 208 Å². The number of halogens is 1. The van der Waals surface area contributed by atoms with Crippen LogP contribution in [0.25, 0.3) is 0 Å². The highest BCUT2D eigenvalue weighted by Gasteiger charge is 2.18. The number of nitrogens with zero attached hydrogens (tertiary/aromatic N) is 1. The number of ether oxygens (including phenoxy) is 2. The van der Waals surface area contributed by atoms with Gasteiger partial charge in [0.15, 0.2) is 0 Å². The Morgan fingerprint density at radius 3 is 1.69 bits per heavy atom. The number of carbonyl (C=O) groups excluding carboxylic acids is 1. The van der Waals surface area contributed by atoms with Crippen molar-refractivity contribution in [3.8, 4) is 11.5 Å². The quantitative estimate of drug-likeness (QED) is 0.299. The van der Waals surface area contributed by atoms with Crippen LogP contribution in [0.4, 0.5) is 4.39 Å². The molecular weight excluding hydrogens is 441 g/mol. The lowest BCUT2D eigenvalue weighted by atomic mass is 9.88. The average Bonchev–Trinajstić information content (AvgIpc) is 2.80. The maximum Gasteiger partial charge on any atom is 0.219 e. The van der Waals surface area contributed by atoms with Crippen molar-refractivity contribution in [3.05, 3.63) is 95.3 Å². The summed E-state index contributed by atoms with van der Waals surface area (Å²) < 4.78 is 25.1. The summed E-state index contributed by atoms with van der Waals surface area (Å²) in [5, 5.41) is 0. The van der Waals surface area contributed by atoms with E-state index in [1.807, 2.05) is 81.1 Å². The second-order valence-electron chi connectivity index (χ2n) is 9.38. The molecule has 3 rings (SSSR count). The van der Waals surface area contributed by atoms with E-state index in [2.05, 4.69) is 12.1 Å². The van der Waals surface area contributed by atoms with E-state index in [-0.39, 0.29) is 29.9 Å². The van der Waals surface area contributed by atoms with Gasteiger partial charge in [-0.3, -0.25) is 4.79 Å². The maximum atomic E-state index is 13.6. The van der Waals surface area contributed by atoms with Crippen LogP contribution in [-0.4, -0.2) is 29.6 Å². The molecule has 3 aromatic carbocycles. The highest BCUT2D eigenvalue weighted by atomic mass is 19.1. The zero-order chi connectivity index (χ0) is 25.4. The summed E-state index contributed by atoms with van der Waals surface area (Å²) in [7, 11) is 0. The normalized spacial score (nSPS) is 12.0. The SMILES string of the molecule is CC(=O)N(CC[C@@H](c1ccc(F)cc1)c1ccc(OC(C)C)cc1)Cc1ccc(OC(C)C)cc1. The zero-order valence-corrected chi connectivity index (χ0v) is 21.3. The molecular formula is C30H36FNO3. The third-order valence-electron chi connectivity index (χ3n) is 5.73. The van der Waals surface area contributed by atoms with Gasteiger partial charge < -0.3 is 14.4 Å². The second kappa shape index (κ2) is 12.4. The van der Waals surface area contributed by atoms with Crippen LogP contribution in [0, 0.1) is 5.82 Å². The first-order valence-electron chi connectivity index (χ1n) is 12.2. The predicted octanol–water partition coefficient (Wildman–Crippen LogP) is 6.97. The van der Waals surface area contributed by atoms with Gasteiger partial charge in [0, 0.05) is 25.9 Å². The van der Waals surface area contributed by atoms with E-state index >= 15 is 0 Å². The molecule has 3 aromatic rings. The molecule has 0 saturated heterocycles. The van der Waals surface area contributed by atoms with E-state index in [1.165, 1.54) is 12.1 Å². The van der Waals surface area contributed by atoms with Crippen LogP contribution < -0.4 is 9.47 Å². The average molecular weight is 478 g/mol. The van der Waals surface area contributed by atoms with Gasteiger partial charge in [0.05, 0.1) is 12.2 Å². The van der Waals surface area contributed by atoms with Crippen LogP contribution in [0.3, 0.4) is 0 Å². The van der Waals surface area contributed by atoms with Crippen molar-refractivity contribution in [2.45, 2.75) is 65.7 Å². The second-order valence-corrected chi connectivity index (χ2v) is 9.38. The van der Waals surface area contributed by atoms with Crippen molar-refractivity contribution in [2.24, 2.45) is 0 Å².